The van der Waals surface area contributed by atoms with Crippen LogP contribution in [0.2, 0.25) is 5.82 Å². The Morgan fingerprint density at radius 3 is 2.28 bits per heavy atom. The van der Waals surface area contributed by atoms with Gasteiger partial charge in [-0.15, -0.1) is 0 Å². The van der Waals surface area contributed by atoms with Gasteiger partial charge in [0.15, 0.2) is 0 Å². The molecule has 1 atom stereocenters. The number of ether oxygens (including phenoxy) is 3. The molecule has 1 aromatic heterocycles. The van der Waals surface area contributed by atoms with Crippen LogP contribution in [-0.4, -0.2) is 70.4 Å². The van der Waals surface area contributed by atoms with E-state index in [1.54, 1.807) is 29.2 Å². The van der Waals surface area contributed by atoms with Crippen LogP contribution in [-0.2, 0) is 18.8 Å². The van der Waals surface area contributed by atoms with Gasteiger partial charge in [0.1, 0.15) is 22.8 Å². The molecule has 1 unspecified atom stereocenters. The Morgan fingerprint density at radius 2 is 1.63 bits per heavy atom. The molecular formula is C34H44BN3O8. The van der Waals surface area contributed by atoms with Gasteiger partial charge >= 0.3 is 19.2 Å². The highest BCUT2D eigenvalue weighted by molar-refractivity contribution is 6.47. The summed E-state index contributed by atoms with van der Waals surface area (Å²) in [4.78, 5) is 39.6. The van der Waals surface area contributed by atoms with Gasteiger partial charge in [0, 0.05) is 19.2 Å². The van der Waals surface area contributed by atoms with Crippen LogP contribution in [0.5, 0.6) is 11.5 Å². The number of para-hydroxylation sites is 1. The van der Waals surface area contributed by atoms with E-state index < -0.39 is 22.8 Å². The first-order valence-electron chi connectivity index (χ1n) is 15.9. The molecule has 3 aromatic rings. The number of piperidine rings is 1. The van der Waals surface area contributed by atoms with Crippen molar-refractivity contribution >= 4 is 19.2 Å². The van der Waals surface area contributed by atoms with E-state index in [0.717, 1.165) is 12.8 Å². The zero-order valence-corrected chi connectivity index (χ0v) is 27.5. The van der Waals surface area contributed by atoms with Crippen LogP contribution in [0.25, 0.3) is 5.69 Å². The van der Waals surface area contributed by atoms with Crippen molar-refractivity contribution in [1.82, 2.24) is 14.7 Å². The minimum atomic E-state index is -0.609. The second-order valence-corrected chi connectivity index (χ2v) is 13.6. The van der Waals surface area contributed by atoms with Crippen molar-refractivity contribution < 1.29 is 33.1 Å². The Hall–Kier alpha value is -4.03. The molecule has 1 N–H and O–H groups in total. The molecule has 0 spiro atoms. The second-order valence-electron chi connectivity index (χ2n) is 13.6. The highest BCUT2D eigenvalue weighted by Crippen LogP contribution is 2.45. The molecule has 246 valence electrons. The highest BCUT2D eigenvalue weighted by Gasteiger charge is 2.56. The van der Waals surface area contributed by atoms with Gasteiger partial charge in [-0.25, -0.2) is 14.3 Å². The SMILES string of the molecule is CC(C)(C)OC(=O)N1CCC(B2OC(C)(C)C(C)(CCCOC(=O)c3cc(=O)n(-c4ccc(Oc5ccccc5)cc4)[nH]3)O2)CC1. The number of amides is 1. The molecule has 12 heteroatoms. The standard InChI is InChI=1S/C34H44BN3O8/c1-32(2,3)44-31(41)37-20-17-24(18-21-37)35-45-33(4,5)34(6,46-35)19-10-22-42-30(40)28-23-29(39)38(36-28)25-13-15-27(16-14-25)43-26-11-8-7-9-12-26/h7-9,11-16,23-24,36H,10,17-22H2,1-6H3. The van der Waals surface area contributed by atoms with Gasteiger partial charge in [-0.3, -0.25) is 9.89 Å². The summed E-state index contributed by atoms with van der Waals surface area (Å²) >= 11 is 0. The molecule has 0 radical (unpaired) electrons. The van der Waals surface area contributed by atoms with E-state index >= 15 is 0 Å². The fraction of sp³-hybridized carbons (Fsp3) is 0.500. The summed E-state index contributed by atoms with van der Waals surface area (Å²) in [5, 5.41) is 2.84. The topological polar surface area (TPSA) is 121 Å². The zero-order chi connectivity index (χ0) is 33.1. The predicted octanol–water partition coefficient (Wildman–Crippen LogP) is 6.37. The smallest absolute Gasteiger partial charge is 0.461 e. The van der Waals surface area contributed by atoms with E-state index in [1.807, 2.05) is 71.9 Å². The number of carbonyl (C=O) groups is 2. The molecule has 46 heavy (non-hydrogen) atoms. The predicted molar refractivity (Wildman–Crippen MR) is 174 cm³/mol. The Balaban J connectivity index is 1.09. The van der Waals surface area contributed by atoms with Gasteiger partial charge in [-0.1, -0.05) is 18.2 Å². The molecule has 2 saturated heterocycles. The average Bonchev–Trinajstić information content (AvgIpc) is 3.51. The third kappa shape index (κ3) is 7.85. The Bertz CT molecular complexity index is 1560. The Labute approximate surface area is 270 Å². The van der Waals surface area contributed by atoms with Crippen molar-refractivity contribution in [1.29, 1.82) is 0 Å². The van der Waals surface area contributed by atoms with Crippen LogP contribution < -0.4 is 10.3 Å². The molecule has 0 saturated carbocycles. The van der Waals surface area contributed by atoms with E-state index in [9.17, 15) is 14.4 Å². The summed E-state index contributed by atoms with van der Waals surface area (Å²) in [6, 6.07) is 17.6. The summed E-state index contributed by atoms with van der Waals surface area (Å²) < 4.78 is 31.1. The average molecular weight is 634 g/mol. The number of aromatic amines is 1. The summed E-state index contributed by atoms with van der Waals surface area (Å²) in [7, 11) is -0.382. The van der Waals surface area contributed by atoms with Gasteiger partial charge in [0.25, 0.3) is 5.56 Å². The minimum absolute atomic E-state index is 0.0689. The number of hydrogen-bond donors (Lipinski definition) is 1. The van der Waals surface area contributed by atoms with Crippen molar-refractivity contribution in [3.63, 3.8) is 0 Å². The van der Waals surface area contributed by atoms with E-state index in [0.29, 0.717) is 43.1 Å². The molecule has 2 fully saturated rings. The van der Waals surface area contributed by atoms with Gasteiger partial charge in [0.05, 0.1) is 23.5 Å². The molecular weight excluding hydrogens is 589 g/mol. The van der Waals surface area contributed by atoms with Crippen LogP contribution >= 0.6 is 0 Å². The largest absolute Gasteiger partial charge is 0.461 e. The third-order valence-corrected chi connectivity index (χ3v) is 8.68. The summed E-state index contributed by atoms with van der Waals surface area (Å²) in [5.74, 6) is 0.880. The monoisotopic (exact) mass is 633 g/mol. The highest BCUT2D eigenvalue weighted by atomic mass is 16.7. The maximum atomic E-state index is 12.8. The lowest BCUT2D eigenvalue weighted by molar-refractivity contribution is -0.0208. The molecule has 0 bridgehead atoms. The lowest BCUT2D eigenvalue weighted by atomic mass is 9.67. The number of carbonyl (C=O) groups excluding carboxylic acids is 2. The lowest BCUT2D eigenvalue weighted by Crippen LogP contribution is -2.45. The van der Waals surface area contributed by atoms with E-state index in [-0.39, 0.29) is 36.9 Å². The first-order valence-corrected chi connectivity index (χ1v) is 15.9. The number of esters is 1. The van der Waals surface area contributed by atoms with Gasteiger partial charge < -0.3 is 28.4 Å². The number of hydrogen-bond acceptors (Lipinski definition) is 8. The number of rotatable bonds is 9. The molecule has 11 nitrogen and oxygen atoms in total. The molecule has 0 aliphatic carbocycles. The number of H-pyrrole nitrogens is 1. The van der Waals surface area contributed by atoms with Gasteiger partial charge in [-0.2, -0.15) is 0 Å². The molecule has 5 rings (SSSR count). The molecule has 1 amide bonds. The van der Waals surface area contributed by atoms with E-state index in [2.05, 4.69) is 5.10 Å². The first-order chi connectivity index (χ1) is 21.7. The van der Waals surface area contributed by atoms with Crippen LogP contribution in [0, 0.1) is 0 Å². The van der Waals surface area contributed by atoms with Gasteiger partial charge in [0.2, 0.25) is 0 Å². The minimum Gasteiger partial charge on any atom is -0.461 e. The van der Waals surface area contributed by atoms with Crippen LogP contribution in [0.4, 0.5) is 4.79 Å². The van der Waals surface area contributed by atoms with Crippen molar-refractivity contribution in [2.45, 2.75) is 89.8 Å². The van der Waals surface area contributed by atoms with E-state index in [4.69, 9.17) is 23.5 Å². The maximum Gasteiger partial charge on any atom is 0.461 e. The molecule has 2 aromatic carbocycles. The first kappa shape index (κ1) is 33.3. The summed E-state index contributed by atoms with van der Waals surface area (Å²) in [6.45, 7) is 13.0. The van der Waals surface area contributed by atoms with Crippen LogP contribution in [0.15, 0.2) is 65.5 Å². The quantitative estimate of drug-likeness (QED) is 0.164. The number of nitrogens with one attached hydrogen (secondary N) is 1. The van der Waals surface area contributed by atoms with Crippen molar-refractivity contribution in [2.75, 3.05) is 19.7 Å². The second kappa shape index (κ2) is 13.4. The summed E-state index contributed by atoms with van der Waals surface area (Å²) in [6.07, 6.45) is 2.39. The fourth-order valence-corrected chi connectivity index (χ4v) is 5.70. The Morgan fingerprint density at radius 1 is 0.978 bits per heavy atom. The third-order valence-electron chi connectivity index (χ3n) is 8.68. The maximum absolute atomic E-state index is 12.8. The van der Waals surface area contributed by atoms with E-state index in [1.165, 1.54) is 10.7 Å². The summed E-state index contributed by atoms with van der Waals surface area (Å²) in [5.41, 5.74) is -1.44. The number of likely N-dealkylation sites (tertiary alicyclic amines) is 1. The van der Waals surface area contributed by atoms with Crippen molar-refractivity contribution in [3.05, 3.63) is 76.7 Å². The fourth-order valence-electron chi connectivity index (χ4n) is 5.70. The van der Waals surface area contributed by atoms with Crippen molar-refractivity contribution in [3.8, 4) is 17.2 Å². The number of benzene rings is 2. The lowest BCUT2D eigenvalue weighted by Gasteiger charge is -2.36. The Kier molecular flexibility index (Phi) is 9.69. The van der Waals surface area contributed by atoms with Gasteiger partial charge in [-0.05, 0) is 109 Å². The normalized spacial score (nSPS) is 20.0. The number of nitrogens with zero attached hydrogens (tertiary/aromatic N) is 2. The molecule has 2 aliphatic rings. The number of aromatic nitrogens is 2. The zero-order valence-electron chi connectivity index (χ0n) is 27.5. The molecule has 3 heterocycles. The van der Waals surface area contributed by atoms with Crippen LogP contribution in [0.3, 0.4) is 0 Å². The molecule has 2 aliphatic heterocycles. The van der Waals surface area contributed by atoms with Crippen molar-refractivity contribution in [2.24, 2.45) is 0 Å². The van der Waals surface area contributed by atoms with Crippen LogP contribution in [0.1, 0.15) is 77.7 Å².